The lowest BCUT2D eigenvalue weighted by Crippen LogP contribution is -2.49. The summed E-state index contributed by atoms with van der Waals surface area (Å²) in [5.74, 6) is 0.545. The van der Waals surface area contributed by atoms with E-state index in [0.717, 1.165) is 12.2 Å². The standard InChI is InChI=1S/C24H30ClFN4O2/c1-16(2)13-17(3)28-24(32)18-7-8-22(27-15-18)29-9-11-30(12-10-29)23(31)14-19-20(25)5-4-6-21(19)26/h4-8,15-17H,9-14H2,1-3H3,(H,28,32). The number of aromatic nitrogens is 1. The Morgan fingerprint density at radius 2 is 1.84 bits per heavy atom. The molecule has 0 saturated carbocycles. The molecule has 1 atom stereocenters. The van der Waals surface area contributed by atoms with Crippen LogP contribution in [0.3, 0.4) is 0 Å². The maximum atomic E-state index is 14.0. The molecule has 6 nitrogen and oxygen atoms in total. The Kier molecular flexibility index (Phi) is 8.07. The SMILES string of the molecule is CC(C)CC(C)NC(=O)c1ccc(N2CCN(C(=O)Cc3c(F)cccc3Cl)CC2)nc1. The van der Waals surface area contributed by atoms with E-state index in [1.807, 2.05) is 13.0 Å². The molecule has 2 aromatic rings. The van der Waals surface area contributed by atoms with Crippen LogP contribution < -0.4 is 10.2 Å². The number of amides is 2. The molecule has 172 valence electrons. The van der Waals surface area contributed by atoms with Crippen LogP contribution in [-0.4, -0.2) is 53.9 Å². The first-order valence-corrected chi connectivity index (χ1v) is 11.3. The number of benzene rings is 1. The smallest absolute Gasteiger partial charge is 0.253 e. The average molecular weight is 461 g/mol. The minimum atomic E-state index is -0.462. The molecule has 0 radical (unpaired) electrons. The number of piperazine rings is 1. The molecule has 1 unspecified atom stereocenters. The number of halogens is 2. The van der Waals surface area contributed by atoms with Crippen LogP contribution in [0.4, 0.5) is 10.2 Å². The predicted molar refractivity (Wildman–Crippen MR) is 125 cm³/mol. The molecule has 0 aliphatic carbocycles. The second kappa shape index (κ2) is 10.8. The normalized spacial score (nSPS) is 15.1. The van der Waals surface area contributed by atoms with E-state index in [9.17, 15) is 14.0 Å². The number of hydrogen-bond donors (Lipinski definition) is 1. The molecule has 32 heavy (non-hydrogen) atoms. The van der Waals surface area contributed by atoms with Crippen LogP contribution in [0.1, 0.15) is 43.1 Å². The summed E-state index contributed by atoms with van der Waals surface area (Å²) in [7, 11) is 0. The first kappa shape index (κ1) is 24.0. The van der Waals surface area contributed by atoms with Crippen LogP contribution in [0.25, 0.3) is 0 Å². The van der Waals surface area contributed by atoms with Gasteiger partial charge in [-0.3, -0.25) is 9.59 Å². The van der Waals surface area contributed by atoms with Gasteiger partial charge in [-0.05, 0) is 43.5 Å². The van der Waals surface area contributed by atoms with Gasteiger partial charge in [-0.15, -0.1) is 0 Å². The van der Waals surface area contributed by atoms with Gasteiger partial charge >= 0.3 is 0 Å². The highest BCUT2D eigenvalue weighted by molar-refractivity contribution is 6.31. The Hall–Kier alpha value is -2.67. The molecular weight excluding hydrogens is 431 g/mol. The van der Waals surface area contributed by atoms with E-state index in [1.54, 1.807) is 23.2 Å². The Bertz CT molecular complexity index is 923. The first-order valence-electron chi connectivity index (χ1n) is 11.0. The molecule has 1 fully saturated rings. The van der Waals surface area contributed by atoms with Gasteiger partial charge in [0.25, 0.3) is 5.91 Å². The van der Waals surface area contributed by atoms with Crippen molar-refractivity contribution in [1.82, 2.24) is 15.2 Å². The number of carbonyl (C=O) groups is 2. The summed E-state index contributed by atoms with van der Waals surface area (Å²) in [5, 5.41) is 3.27. The zero-order valence-corrected chi connectivity index (χ0v) is 19.5. The van der Waals surface area contributed by atoms with Gasteiger partial charge in [0, 0.05) is 49.0 Å². The zero-order chi connectivity index (χ0) is 23.3. The molecule has 0 bridgehead atoms. The van der Waals surface area contributed by atoms with Crippen molar-refractivity contribution in [3.05, 3.63) is 58.5 Å². The number of anilines is 1. The number of carbonyl (C=O) groups excluding carboxylic acids is 2. The van der Waals surface area contributed by atoms with E-state index < -0.39 is 5.82 Å². The third kappa shape index (κ3) is 6.19. The van der Waals surface area contributed by atoms with Crippen molar-refractivity contribution in [2.45, 2.75) is 39.7 Å². The Balaban J connectivity index is 1.52. The highest BCUT2D eigenvalue weighted by Gasteiger charge is 2.23. The summed E-state index contributed by atoms with van der Waals surface area (Å²) in [6.45, 7) is 8.51. The summed E-state index contributed by atoms with van der Waals surface area (Å²) >= 11 is 6.04. The molecule has 2 amide bonds. The van der Waals surface area contributed by atoms with Gasteiger partial charge in [-0.2, -0.15) is 0 Å². The molecule has 1 N–H and O–H groups in total. The van der Waals surface area contributed by atoms with E-state index >= 15 is 0 Å². The van der Waals surface area contributed by atoms with E-state index in [4.69, 9.17) is 11.6 Å². The van der Waals surface area contributed by atoms with Crippen LogP contribution in [0.2, 0.25) is 5.02 Å². The second-order valence-corrected chi connectivity index (χ2v) is 9.06. The van der Waals surface area contributed by atoms with Crippen LogP contribution in [0.15, 0.2) is 36.5 Å². The Morgan fingerprint density at radius 1 is 1.12 bits per heavy atom. The number of nitrogens with zero attached hydrogens (tertiary/aromatic N) is 3. The van der Waals surface area contributed by atoms with Gasteiger partial charge in [0.05, 0.1) is 12.0 Å². The molecule has 2 heterocycles. The molecule has 1 aliphatic rings. The Labute approximate surface area is 193 Å². The lowest BCUT2D eigenvalue weighted by Gasteiger charge is -2.35. The third-order valence-electron chi connectivity index (χ3n) is 5.56. The summed E-state index contributed by atoms with van der Waals surface area (Å²) < 4.78 is 14.0. The minimum Gasteiger partial charge on any atom is -0.353 e. The highest BCUT2D eigenvalue weighted by Crippen LogP contribution is 2.21. The Morgan fingerprint density at radius 3 is 2.44 bits per heavy atom. The molecule has 1 saturated heterocycles. The quantitative estimate of drug-likeness (QED) is 0.680. The lowest BCUT2D eigenvalue weighted by molar-refractivity contribution is -0.130. The molecule has 1 aromatic heterocycles. The minimum absolute atomic E-state index is 0.0528. The van der Waals surface area contributed by atoms with Gasteiger partial charge in [0.1, 0.15) is 11.6 Å². The molecule has 3 rings (SSSR count). The van der Waals surface area contributed by atoms with Gasteiger partial charge in [0.15, 0.2) is 0 Å². The molecular formula is C24H30ClFN4O2. The number of pyridine rings is 1. The summed E-state index contributed by atoms with van der Waals surface area (Å²) in [6, 6.07) is 8.14. The van der Waals surface area contributed by atoms with Crippen molar-refractivity contribution in [1.29, 1.82) is 0 Å². The van der Waals surface area contributed by atoms with E-state index in [1.165, 1.54) is 12.1 Å². The lowest BCUT2D eigenvalue weighted by atomic mass is 10.1. The largest absolute Gasteiger partial charge is 0.353 e. The molecule has 1 aromatic carbocycles. The average Bonchev–Trinajstić information content (AvgIpc) is 2.76. The molecule has 0 spiro atoms. The maximum Gasteiger partial charge on any atom is 0.253 e. The number of nitrogens with one attached hydrogen (secondary N) is 1. The highest BCUT2D eigenvalue weighted by atomic mass is 35.5. The number of rotatable bonds is 7. The fourth-order valence-corrected chi connectivity index (χ4v) is 4.16. The summed E-state index contributed by atoms with van der Waals surface area (Å²) in [5.41, 5.74) is 0.764. The van der Waals surface area contributed by atoms with Gasteiger partial charge in [-0.1, -0.05) is 31.5 Å². The monoisotopic (exact) mass is 460 g/mol. The van der Waals surface area contributed by atoms with Crippen LogP contribution in [0, 0.1) is 11.7 Å². The van der Waals surface area contributed by atoms with Crippen LogP contribution in [0.5, 0.6) is 0 Å². The zero-order valence-electron chi connectivity index (χ0n) is 18.8. The van der Waals surface area contributed by atoms with E-state index in [-0.39, 0.29) is 34.9 Å². The maximum absolute atomic E-state index is 14.0. The second-order valence-electron chi connectivity index (χ2n) is 8.65. The number of hydrogen-bond acceptors (Lipinski definition) is 4. The van der Waals surface area contributed by atoms with E-state index in [2.05, 4.69) is 29.0 Å². The van der Waals surface area contributed by atoms with Gasteiger partial charge in [0.2, 0.25) is 5.91 Å². The van der Waals surface area contributed by atoms with Crippen molar-refractivity contribution >= 4 is 29.2 Å². The summed E-state index contributed by atoms with van der Waals surface area (Å²) in [6.07, 6.45) is 2.45. The molecule has 8 heteroatoms. The van der Waals surface area contributed by atoms with Crippen molar-refractivity contribution < 1.29 is 14.0 Å². The van der Waals surface area contributed by atoms with Gasteiger partial charge < -0.3 is 15.1 Å². The summed E-state index contributed by atoms with van der Waals surface area (Å²) in [4.78, 5) is 33.2. The fraction of sp³-hybridized carbons (Fsp3) is 0.458. The fourth-order valence-electron chi connectivity index (χ4n) is 3.93. The van der Waals surface area contributed by atoms with Gasteiger partial charge in [-0.25, -0.2) is 9.37 Å². The van der Waals surface area contributed by atoms with Crippen molar-refractivity contribution in [3.63, 3.8) is 0 Å². The van der Waals surface area contributed by atoms with Crippen molar-refractivity contribution in [2.75, 3.05) is 31.1 Å². The van der Waals surface area contributed by atoms with Crippen molar-refractivity contribution in [3.8, 4) is 0 Å². The van der Waals surface area contributed by atoms with Crippen LogP contribution in [-0.2, 0) is 11.2 Å². The van der Waals surface area contributed by atoms with Crippen molar-refractivity contribution in [2.24, 2.45) is 5.92 Å². The molecule has 1 aliphatic heterocycles. The topological polar surface area (TPSA) is 65.5 Å². The predicted octanol–water partition coefficient (Wildman–Crippen LogP) is 3.93. The first-order chi connectivity index (χ1) is 15.2. The van der Waals surface area contributed by atoms with E-state index in [0.29, 0.717) is 37.7 Å². The van der Waals surface area contributed by atoms with Crippen LogP contribution >= 0.6 is 11.6 Å². The third-order valence-corrected chi connectivity index (χ3v) is 5.91.